The minimum absolute atomic E-state index is 0.0625. The van der Waals surface area contributed by atoms with Crippen molar-refractivity contribution in [3.05, 3.63) is 12.2 Å². The van der Waals surface area contributed by atoms with Crippen LogP contribution in [0.4, 0.5) is 0 Å². The topological polar surface area (TPSA) is 115 Å². The molecule has 2 N–H and O–H groups in total. The largest absolute Gasteiger partial charge is 0.550 e. The zero-order valence-corrected chi connectivity index (χ0v) is 27.1. The van der Waals surface area contributed by atoms with Crippen LogP contribution >= 0.6 is 0 Å². The van der Waals surface area contributed by atoms with Gasteiger partial charge in [-0.1, -0.05) is 83.3 Å². The van der Waals surface area contributed by atoms with E-state index in [2.05, 4.69) is 19.1 Å². The van der Waals surface area contributed by atoms with Gasteiger partial charge in [0.1, 0.15) is 0 Å². The number of rotatable bonds is 33. The number of hydrogen-bond donors (Lipinski definition) is 2. The fourth-order valence-corrected chi connectivity index (χ4v) is 5.88. The molecule has 0 rings (SSSR count). The normalized spacial score (nSPS) is 11.8. The van der Waals surface area contributed by atoms with Crippen molar-refractivity contribution >= 4 is 17.9 Å². The summed E-state index contributed by atoms with van der Waals surface area (Å²) in [4.78, 5) is 32.9. The van der Waals surface area contributed by atoms with E-state index in [9.17, 15) is 19.5 Å². The number of unbranched alkanes of at least 4 members (excludes halogenated alkanes) is 17. The first-order valence-electron chi connectivity index (χ1n) is 17.4. The van der Waals surface area contributed by atoms with Gasteiger partial charge in [0.25, 0.3) is 0 Å². The Hall–Kier alpha value is -1.89. The summed E-state index contributed by atoms with van der Waals surface area (Å²) in [7, 11) is 0. The molecule has 246 valence electrons. The van der Waals surface area contributed by atoms with Crippen molar-refractivity contribution in [2.45, 2.75) is 167 Å². The number of quaternary nitrogens is 1. The van der Waals surface area contributed by atoms with Gasteiger partial charge in [-0.05, 0) is 83.5 Å². The minimum atomic E-state index is -1.02. The molecule has 42 heavy (non-hydrogen) atoms. The molecular weight excluding hydrogens is 530 g/mol. The third-order valence-electron chi connectivity index (χ3n) is 8.45. The first kappa shape index (κ1) is 40.1. The van der Waals surface area contributed by atoms with Crippen LogP contribution in [-0.2, 0) is 14.4 Å². The lowest BCUT2D eigenvalue weighted by Crippen LogP contribution is -2.51. The molecule has 0 atom stereocenters. The highest BCUT2D eigenvalue weighted by Crippen LogP contribution is 2.19. The number of carbonyl (C=O) groups is 3. The van der Waals surface area contributed by atoms with Gasteiger partial charge >= 0.3 is 11.9 Å². The van der Waals surface area contributed by atoms with Crippen molar-refractivity contribution in [1.29, 1.82) is 0 Å². The predicted octanol–water partition coefficient (Wildman–Crippen LogP) is 8.05. The van der Waals surface area contributed by atoms with Gasteiger partial charge in [0, 0.05) is 18.8 Å². The van der Waals surface area contributed by atoms with Crippen LogP contribution in [0.5, 0.6) is 0 Å². The Balaban J connectivity index is 4.36. The van der Waals surface area contributed by atoms with Gasteiger partial charge in [0.05, 0.1) is 26.2 Å². The summed E-state index contributed by atoms with van der Waals surface area (Å²) < 4.78 is 0.845. The highest BCUT2D eigenvalue weighted by molar-refractivity contribution is 5.66. The van der Waals surface area contributed by atoms with Crippen LogP contribution in [0.1, 0.15) is 167 Å². The molecule has 0 unspecified atom stereocenters. The summed E-state index contributed by atoms with van der Waals surface area (Å²) in [5, 5.41) is 29.0. The van der Waals surface area contributed by atoms with Crippen LogP contribution in [0.25, 0.3) is 0 Å². The summed E-state index contributed by atoms with van der Waals surface area (Å²) in [5.41, 5.74) is 0. The summed E-state index contributed by atoms with van der Waals surface area (Å²) in [6, 6.07) is 0. The third kappa shape index (κ3) is 28.2. The number of nitrogens with zero attached hydrogens (tertiary/aromatic N) is 1. The van der Waals surface area contributed by atoms with Crippen LogP contribution in [0.3, 0.4) is 0 Å². The monoisotopic (exact) mass is 595 g/mol. The Labute approximate surface area is 257 Å². The SMILES string of the molecule is CCCCCCCCC/C=C/CCCCCCCCC[N+](CCCCC(=O)[O-])(CCCCC(=O)O)CCCCC(=O)O. The molecule has 0 saturated heterocycles. The van der Waals surface area contributed by atoms with Crippen molar-refractivity contribution in [3.8, 4) is 0 Å². The molecule has 0 heterocycles. The molecule has 0 aromatic carbocycles. The van der Waals surface area contributed by atoms with Gasteiger partial charge in [0.15, 0.2) is 0 Å². The van der Waals surface area contributed by atoms with Gasteiger partial charge in [-0.25, -0.2) is 0 Å². The highest BCUT2D eigenvalue weighted by Gasteiger charge is 2.26. The van der Waals surface area contributed by atoms with Gasteiger partial charge < -0.3 is 24.6 Å². The van der Waals surface area contributed by atoms with Crippen LogP contribution in [0.15, 0.2) is 12.2 Å². The van der Waals surface area contributed by atoms with Crippen molar-refractivity contribution in [1.82, 2.24) is 0 Å². The number of allylic oxidation sites excluding steroid dienone is 2. The number of aliphatic carboxylic acids is 3. The minimum Gasteiger partial charge on any atom is -0.550 e. The third-order valence-corrected chi connectivity index (χ3v) is 8.45. The maximum absolute atomic E-state index is 11.0. The molecule has 0 aromatic heterocycles. The summed E-state index contributed by atoms with van der Waals surface area (Å²) >= 11 is 0. The fraction of sp³-hybridized carbons (Fsp3) is 0.857. The van der Waals surface area contributed by atoms with E-state index in [1.165, 1.54) is 96.3 Å². The van der Waals surface area contributed by atoms with E-state index in [4.69, 9.17) is 10.2 Å². The number of carbonyl (C=O) groups excluding carboxylic acids is 1. The zero-order chi connectivity index (χ0) is 31.2. The first-order valence-corrected chi connectivity index (χ1v) is 17.4. The summed E-state index contributed by atoms with van der Waals surface area (Å²) in [6.07, 6.45) is 30.0. The quantitative estimate of drug-likeness (QED) is 0.0451. The fourth-order valence-electron chi connectivity index (χ4n) is 5.88. The average molecular weight is 596 g/mol. The summed E-state index contributed by atoms with van der Waals surface area (Å²) in [5.74, 6) is -2.57. The molecule has 0 bridgehead atoms. The molecule has 7 nitrogen and oxygen atoms in total. The van der Waals surface area contributed by atoms with E-state index in [0.29, 0.717) is 19.3 Å². The Morgan fingerprint density at radius 3 is 1.21 bits per heavy atom. The molecule has 0 radical (unpaired) electrons. The maximum Gasteiger partial charge on any atom is 0.303 e. The van der Waals surface area contributed by atoms with Crippen LogP contribution in [0.2, 0.25) is 0 Å². The molecule has 0 spiro atoms. The second-order valence-corrected chi connectivity index (χ2v) is 12.4. The van der Waals surface area contributed by atoms with E-state index in [0.717, 1.165) is 56.3 Å². The lowest BCUT2D eigenvalue weighted by molar-refractivity contribution is -0.929. The van der Waals surface area contributed by atoms with Crippen molar-refractivity contribution in [3.63, 3.8) is 0 Å². The lowest BCUT2D eigenvalue weighted by atomic mass is 10.1. The Bertz CT molecular complexity index is 638. The van der Waals surface area contributed by atoms with Crippen LogP contribution in [0, 0.1) is 0 Å². The molecule has 0 aliphatic carbocycles. The molecule has 0 saturated carbocycles. The van der Waals surface area contributed by atoms with Crippen molar-refractivity contribution in [2.75, 3.05) is 26.2 Å². The van der Waals surface area contributed by atoms with Crippen LogP contribution in [-0.4, -0.2) is 58.8 Å². The Morgan fingerprint density at radius 1 is 0.500 bits per heavy atom. The van der Waals surface area contributed by atoms with Crippen LogP contribution < -0.4 is 5.11 Å². The molecule has 0 aliphatic heterocycles. The van der Waals surface area contributed by atoms with E-state index in [1.54, 1.807) is 0 Å². The highest BCUT2D eigenvalue weighted by atomic mass is 16.4. The second-order valence-electron chi connectivity index (χ2n) is 12.4. The Kier molecular flexibility index (Phi) is 27.9. The van der Waals surface area contributed by atoms with Gasteiger partial charge in [-0.3, -0.25) is 9.59 Å². The summed E-state index contributed by atoms with van der Waals surface area (Å²) in [6.45, 7) is 5.87. The molecule has 0 fully saturated rings. The second kappa shape index (κ2) is 29.2. The van der Waals surface area contributed by atoms with Gasteiger partial charge in [-0.2, -0.15) is 0 Å². The number of carboxylic acid groups (broad SMARTS) is 3. The van der Waals surface area contributed by atoms with Gasteiger partial charge in [0.2, 0.25) is 0 Å². The van der Waals surface area contributed by atoms with Crippen molar-refractivity contribution in [2.24, 2.45) is 0 Å². The molecule has 7 heteroatoms. The standard InChI is InChI=1S/C35H65NO6/c1-2-3-4-5-6-7-8-9-10-11-12-13-14-15-16-17-18-22-29-36(30-23-19-26-33(37)38,31-24-20-27-34(39)40)32-25-21-28-35(41)42/h10-11H,2-9,12-32H2,1H3,(H2-,37,38,39,40,41,42)/b11-10+. The first-order chi connectivity index (χ1) is 20.3. The van der Waals surface area contributed by atoms with E-state index in [-0.39, 0.29) is 19.3 Å². The lowest BCUT2D eigenvalue weighted by Gasteiger charge is -2.39. The number of carboxylic acids is 3. The molecule has 0 aliphatic rings. The smallest absolute Gasteiger partial charge is 0.303 e. The predicted molar refractivity (Wildman–Crippen MR) is 170 cm³/mol. The van der Waals surface area contributed by atoms with E-state index < -0.39 is 17.9 Å². The number of hydrogen-bond acceptors (Lipinski definition) is 4. The van der Waals surface area contributed by atoms with Gasteiger partial charge in [-0.15, -0.1) is 0 Å². The Morgan fingerprint density at radius 2 is 0.833 bits per heavy atom. The molecule has 0 aromatic rings. The van der Waals surface area contributed by atoms with E-state index >= 15 is 0 Å². The van der Waals surface area contributed by atoms with Crippen molar-refractivity contribution < 1.29 is 34.2 Å². The molecule has 0 amide bonds. The maximum atomic E-state index is 11.0. The van der Waals surface area contributed by atoms with E-state index in [1.807, 2.05) is 0 Å². The molecular formula is C35H65NO6. The average Bonchev–Trinajstić information content (AvgIpc) is 2.94. The zero-order valence-electron chi connectivity index (χ0n) is 27.1.